The number of piperazine rings is 1. The smallest absolute Gasteiger partial charge is 0.234 e. The molecule has 21 heavy (non-hydrogen) atoms. The van der Waals surface area contributed by atoms with E-state index >= 15 is 0 Å². The largest absolute Gasteiger partial charge is 0.347 e. The van der Waals surface area contributed by atoms with Crippen LogP contribution in [0.25, 0.3) is 0 Å². The topological polar surface area (TPSA) is 44.4 Å². The fourth-order valence-electron chi connectivity index (χ4n) is 2.68. The summed E-state index contributed by atoms with van der Waals surface area (Å²) in [7, 11) is 0. The Labute approximate surface area is 131 Å². The molecule has 118 valence electrons. The van der Waals surface area contributed by atoms with Crippen molar-refractivity contribution < 1.29 is 4.79 Å². The maximum Gasteiger partial charge on any atom is 0.234 e. The second-order valence-corrected chi connectivity index (χ2v) is 7.88. The van der Waals surface area contributed by atoms with Crippen molar-refractivity contribution in [2.24, 2.45) is 5.41 Å². The molecule has 1 aliphatic heterocycles. The molecule has 2 rings (SSSR count). The number of rotatable bonds is 4. The van der Waals surface area contributed by atoms with Crippen LogP contribution in [0.1, 0.15) is 38.6 Å². The normalized spacial score (nSPS) is 22.0. The minimum absolute atomic E-state index is 0.00951. The molecule has 1 aliphatic rings. The molecule has 1 saturated heterocycles. The maximum atomic E-state index is 12.4. The number of hydrogen-bond acceptors (Lipinski definition) is 4. The highest BCUT2D eigenvalue weighted by atomic mass is 32.1. The first kappa shape index (κ1) is 16.5. The first-order chi connectivity index (χ1) is 9.88. The van der Waals surface area contributed by atoms with Crippen LogP contribution in [0.5, 0.6) is 0 Å². The van der Waals surface area contributed by atoms with E-state index < -0.39 is 0 Å². The SMILES string of the molecule is C[C@@H]1CNCCN1CC(=O)NC(c1cccs1)C(C)(C)C. The van der Waals surface area contributed by atoms with Crippen molar-refractivity contribution in [1.29, 1.82) is 0 Å². The highest BCUT2D eigenvalue weighted by Gasteiger charge is 2.29. The summed E-state index contributed by atoms with van der Waals surface area (Å²) >= 11 is 1.71. The Morgan fingerprint density at radius 1 is 1.57 bits per heavy atom. The summed E-state index contributed by atoms with van der Waals surface area (Å²) < 4.78 is 0. The Morgan fingerprint density at radius 2 is 2.33 bits per heavy atom. The average molecular weight is 309 g/mol. The summed E-state index contributed by atoms with van der Waals surface area (Å²) in [6.45, 7) is 12.0. The standard InChI is InChI=1S/C16H27N3OS/c1-12-10-17-7-8-19(12)11-14(20)18-15(16(2,3)4)13-6-5-9-21-13/h5-6,9,12,15,17H,7-8,10-11H2,1-4H3,(H,18,20)/t12-,15?/m1/s1. The molecule has 0 aliphatic carbocycles. The second kappa shape index (κ2) is 6.90. The third kappa shape index (κ3) is 4.53. The van der Waals surface area contributed by atoms with Crippen molar-refractivity contribution in [3.63, 3.8) is 0 Å². The van der Waals surface area contributed by atoms with Crippen LogP contribution < -0.4 is 10.6 Å². The highest BCUT2D eigenvalue weighted by Crippen LogP contribution is 2.35. The van der Waals surface area contributed by atoms with Gasteiger partial charge in [-0.25, -0.2) is 0 Å². The van der Waals surface area contributed by atoms with Gasteiger partial charge in [-0.2, -0.15) is 0 Å². The lowest BCUT2D eigenvalue weighted by Crippen LogP contribution is -2.53. The van der Waals surface area contributed by atoms with Gasteiger partial charge >= 0.3 is 0 Å². The van der Waals surface area contributed by atoms with E-state index in [0.29, 0.717) is 12.6 Å². The summed E-state index contributed by atoms with van der Waals surface area (Å²) in [5, 5.41) is 8.66. The van der Waals surface area contributed by atoms with Gasteiger partial charge in [0.05, 0.1) is 12.6 Å². The number of carbonyl (C=O) groups excluding carboxylic acids is 1. The summed E-state index contributed by atoms with van der Waals surface area (Å²) in [6.07, 6.45) is 0. The van der Waals surface area contributed by atoms with Gasteiger partial charge in [-0.1, -0.05) is 26.8 Å². The third-order valence-electron chi connectivity index (χ3n) is 3.98. The molecule has 1 aromatic rings. The van der Waals surface area contributed by atoms with E-state index in [0.717, 1.165) is 19.6 Å². The minimum Gasteiger partial charge on any atom is -0.347 e. The van der Waals surface area contributed by atoms with Gasteiger partial charge in [-0.05, 0) is 23.8 Å². The molecule has 0 radical (unpaired) electrons. The zero-order valence-electron chi connectivity index (χ0n) is 13.5. The predicted octanol–water partition coefficient (Wildman–Crippen LogP) is 2.25. The van der Waals surface area contributed by atoms with Crippen molar-refractivity contribution in [3.05, 3.63) is 22.4 Å². The maximum absolute atomic E-state index is 12.4. The molecule has 5 heteroatoms. The van der Waals surface area contributed by atoms with Crippen LogP contribution in [0.4, 0.5) is 0 Å². The fourth-order valence-corrected chi connectivity index (χ4v) is 3.70. The lowest BCUT2D eigenvalue weighted by Gasteiger charge is -2.35. The summed E-state index contributed by atoms with van der Waals surface area (Å²) in [6, 6.07) is 4.64. The number of nitrogens with zero attached hydrogens (tertiary/aromatic N) is 1. The van der Waals surface area contributed by atoms with Crippen molar-refractivity contribution in [2.75, 3.05) is 26.2 Å². The zero-order valence-corrected chi connectivity index (χ0v) is 14.3. The molecule has 4 nitrogen and oxygen atoms in total. The van der Waals surface area contributed by atoms with E-state index in [4.69, 9.17) is 0 Å². The van der Waals surface area contributed by atoms with E-state index in [1.807, 2.05) is 6.07 Å². The summed E-state index contributed by atoms with van der Waals surface area (Å²) in [5.74, 6) is 0.122. The van der Waals surface area contributed by atoms with Crippen molar-refractivity contribution in [1.82, 2.24) is 15.5 Å². The van der Waals surface area contributed by atoms with Gasteiger partial charge in [-0.3, -0.25) is 9.69 Å². The monoisotopic (exact) mass is 309 g/mol. The van der Waals surface area contributed by atoms with E-state index in [-0.39, 0.29) is 17.4 Å². The van der Waals surface area contributed by atoms with Crippen LogP contribution >= 0.6 is 11.3 Å². The molecule has 1 fully saturated rings. The van der Waals surface area contributed by atoms with E-state index in [1.165, 1.54) is 4.88 Å². The molecule has 0 spiro atoms. The number of carbonyl (C=O) groups is 1. The van der Waals surface area contributed by atoms with Crippen molar-refractivity contribution in [3.8, 4) is 0 Å². The van der Waals surface area contributed by atoms with Gasteiger partial charge < -0.3 is 10.6 Å². The summed E-state index contributed by atoms with van der Waals surface area (Å²) in [4.78, 5) is 15.9. The van der Waals surface area contributed by atoms with Crippen LogP contribution in [0, 0.1) is 5.41 Å². The lowest BCUT2D eigenvalue weighted by molar-refractivity contribution is -0.124. The van der Waals surface area contributed by atoms with E-state index in [2.05, 4.69) is 54.7 Å². The quantitative estimate of drug-likeness (QED) is 0.896. The minimum atomic E-state index is 0.00951. The molecule has 0 saturated carbocycles. The zero-order chi connectivity index (χ0) is 15.5. The van der Waals surface area contributed by atoms with Crippen LogP contribution in [0.3, 0.4) is 0 Å². The Morgan fingerprint density at radius 3 is 2.90 bits per heavy atom. The Bertz CT molecular complexity index is 453. The Balaban J connectivity index is 1.98. The van der Waals surface area contributed by atoms with Crippen LogP contribution in [-0.4, -0.2) is 43.0 Å². The first-order valence-electron chi connectivity index (χ1n) is 7.65. The molecule has 1 unspecified atom stereocenters. The Hall–Kier alpha value is -0.910. The van der Waals surface area contributed by atoms with Gasteiger partial charge in [0.15, 0.2) is 0 Å². The van der Waals surface area contributed by atoms with E-state index in [1.54, 1.807) is 11.3 Å². The van der Waals surface area contributed by atoms with Gasteiger partial charge in [0, 0.05) is 30.6 Å². The van der Waals surface area contributed by atoms with Crippen molar-refractivity contribution in [2.45, 2.75) is 39.8 Å². The molecule has 0 bridgehead atoms. The predicted molar refractivity (Wildman–Crippen MR) is 88.6 cm³/mol. The molecule has 1 amide bonds. The second-order valence-electron chi connectivity index (χ2n) is 6.91. The molecule has 2 atom stereocenters. The molecular weight excluding hydrogens is 282 g/mol. The number of thiophene rings is 1. The number of hydrogen-bond donors (Lipinski definition) is 2. The highest BCUT2D eigenvalue weighted by molar-refractivity contribution is 7.10. The van der Waals surface area contributed by atoms with E-state index in [9.17, 15) is 4.79 Å². The molecule has 0 aromatic carbocycles. The fraction of sp³-hybridized carbons (Fsp3) is 0.688. The van der Waals surface area contributed by atoms with Gasteiger partial charge in [0.25, 0.3) is 0 Å². The third-order valence-corrected chi connectivity index (χ3v) is 4.92. The number of nitrogens with one attached hydrogen (secondary N) is 2. The van der Waals surface area contributed by atoms with Crippen molar-refractivity contribution >= 4 is 17.2 Å². The first-order valence-corrected chi connectivity index (χ1v) is 8.53. The molecule has 2 N–H and O–H groups in total. The molecular formula is C16H27N3OS. The van der Waals surface area contributed by atoms with Crippen LogP contribution in [-0.2, 0) is 4.79 Å². The van der Waals surface area contributed by atoms with Crippen LogP contribution in [0.15, 0.2) is 17.5 Å². The van der Waals surface area contributed by atoms with Gasteiger partial charge in [0.2, 0.25) is 5.91 Å². The lowest BCUT2D eigenvalue weighted by atomic mass is 9.85. The number of amides is 1. The molecule has 2 heterocycles. The van der Waals surface area contributed by atoms with Crippen LogP contribution in [0.2, 0.25) is 0 Å². The summed E-state index contributed by atoms with van der Waals surface area (Å²) in [5.41, 5.74) is 0.00951. The Kier molecular flexibility index (Phi) is 5.41. The van der Waals surface area contributed by atoms with Gasteiger partial charge in [0.1, 0.15) is 0 Å². The van der Waals surface area contributed by atoms with Gasteiger partial charge in [-0.15, -0.1) is 11.3 Å². The average Bonchev–Trinajstić information content (AvgIpc) is 2.91. The molecule has 1 aromatic heterocycles.